The summed E-state index contributed by atoms with van der Waals surface area (Å²) in [5.41, 5.74) is 0. The Balaban J connectivity index is 2.16. The fourth-order valence-electron chi connectivity index (χ4n) is 2.29. The molecule has 0 saturated carbocycles. The zero-order valence-corrected chi connectivity index (χ0v) is 9.79. The van der Waals surface area contributed by atoms with Crippen molar-refractivity contribution in [1.82, 2.24) is 10.3 Å². The molecule has 0 aliphatic carbocycles. The third-order valence-electron chi connectivity index (χ3n) is 3.16. The Morgan fingerprint density at radius 3 is 2.67 bits per heavy atom. The minimum atomic E-state index is -0.525. The van der Waals surface area contributed by atoms with Crippen molar-refractivity contribution >= 4 is 16.6 Å². The van der Waals surface area contributed by atoms with E-state index in [2.05, 4.69) is 10.3 Å². The Bertz CT molecular complexity index is 580. The SMILES string of the molecule is Fc1ccc2cc(F)nc(N3CCNCC3)c2c1. The molecule has 0 radical (unpaired) electrons. The number of benzene rings is 1. The van der Waals surface area contributed by atoms with Crippen molar-refractivity contribution in [1.29, 1.82) is 0 Å². The molecule has 1 aliphatic rings. The predicted molar refractivity (Wildman–Crippen MR) is 66.7 cm³/mol. The summed E-state index contributed by atoms with van der Waals surface area (Å²) in [7, 11) is 0. The lowest BCUT2D eigenvalue weighted by Crippen LogP contribution is -2.44. The van der Waals surface area contributed by atoms with Gasteiger partial charge in [-0.3, -0.25) is 0 Å². The molecule has 2 heterocycles. The third kappa shape index (κ3) is 2.01. The first-order valence-electron chi connectivity index (χ1n) is 5.95. The highest BCUT2D eigenvalue weighted by Gasteiger charge is 2.16. The monoisotopic (exact) mass is 249 g/mol. The number of fused-ring (bicyclic) bond motifs is 1. The molecule has 1 aromatic heterocycles. The van der Waals surface area contributed by atoms with E-state index in [-0.39, 0.29) is 5.82 Å². The van der Waals surface area contributed by atoms with Gasteiger partial charge < -0.3 is 10.2 Å². The number of pyridine rings is 1. The molecule has 1 fully saturated rings. The summed E-state index contributed by atoms with van der Waals surface area (Å²) < 4.78 is 26.8. The normalized spacial score (nSPS) is 16.2. The fraction of sp³-hybridized carbons (Fsp3) is 0.308. The molecule has 0 unspecified atom stereocenters. The highest BCUT2D eigenvalue weighted by atomic mass is 19.1. The first-order chi connectivity index (χ1) is 8.74. The molecule has 3 nitrogen and oxygen atoms in total. The van der Waals surface area contributed by atoms with Crippen LogP contribution in [-0.2, 0) is 0 Å². The van der Waals surface area contributed by atoms with E-state index in [1.165, 1.54) is 18.2 Å². The Morgan fingerprint density at radius 2 is 1.89 bits per heavy atom. The molecule has 3 rings (SSSR count). The number of piperazine rings is 1. The van der Waals surface area contributed by atoms with Gasteiger partial charge in [0.2, 0.25) is 5.95 Å². The van der Waals surface area contributed by atoms with Gasteiger partial charge in [0, 0.05) is 37.6 Å². The van der Waals surface area contributed by atoms with Crippen molar-refractivity contribution in [3.63, 3.8) is 0 Å². The molecule has 5 heteroatoms. The smallest absolute Gasteiger partial charge is 0.215 e. The highest BCUT2D eigenvalue weighted by molar-refractivity contribution is 5.92. The lowest BCUT2D eigenvalue weighted by molar-refractivity contribution is 0.563. The summed E-state index contributed by atoms with van der Waals surface area (Å²) in [6.45, 7) is 3.16. The molecule has 0 spiro atoms. The zero-order chi connectivity index (χ0) is 12.5. The summed E-state index contributed by atoms with van der Waals surface area (Å²) in [6.07, 6.45) is 0. The number of hydrogen-bond acceptors (Lipinski definition) is 3. The van der Waals surface area contributed by atoms with Crippen LogP contribution in [0.3, 0.4) is 0 Å². The van der Waals surface area contributed by atoms with E-state index in [4.69, 9.17) is 0 Å². The molecule has 18 heavy (non-hydrogen) atoms. The topological polar surface area (TPSA) is 28.2 Å². The number of nitrogens with one attached hydrogen (secondary N) is 1. The van der Waals surface area contributed by atoms with Gasteiger partial charge in [0.25, 0.3) is 0 Å². The van der Waals surface area contributed by atoms with E-state index in [1.807, 2.05) is 4.90 Å². The van der Waals surface area contributed by atoms with Crippen molar-refractivity contribution in [3.05, 3.63) is 36.0 Å². The second kappa shape index (κ2) is 4.49. The fourth-order valence-corrected chi connectivity index (χ4v) is 2.29. The lowest BCUT2D eigenvalue weighted by Gasteiger charge is -2.29. The van der Waals surface area contributed by atoms with E-state index in [0.29, 0.717) is 16.6 Å². The van der Waals surface area contributed by atoms with Gasteiger partial charge in [-0.25, -0.2) is 9.37 Å². The zero-order valence-electron chi connectivity index (χ0n) is 9.79. The maximum absolute atomic E-state index is 13.5. The van der Waals surface area contributed by atoms with Crippen LogP contribution >= 0.6 is 0 Å². The van der Waals surface area contributed by atoms with Gasteiger partial charge >= 0.3 is 0 Å². The largest absolute Gasteiger partial charge is 0.353 e. The van der Waals surface area contributed by atoms with Crippen LogP contribution in [0.1, 0.15) is 0 Å². The summed E-state index contributed by atoms with van der Waals surface area (Å²) in [5.74, 6) is -0.319. The van der Waals surface area contributed by atoms with E-state index < -0.39 is 5.95 Å². The van der Waals surface area contributed by atoms with E-state index in [1.54, 1.807) is 6.07 Å². The Labute approximate surface area is 103 Å². The van der Waals surface area contributed by atoms with Crippen LogP contribution in [0, 0.1) is 11.8 Å². The Morgan fingerprint density at radius 1 is 1.11 bits per heavy atom. The highest BCUT2D eigenvalue weighted by Crippen LogP contribution is 2.26. The first-order valence-corrected chi connectivity index (χ1v) is 5.95. The molecule has 1 N–H and O–H groups in total. The molecule has 94 valence electrons. The Hall–Kier alpha value is -1.75. The minimum absolute atomic E-state index is 0.327. The average Bonchev–Trinajstić information content (AvgIpc) is 2.39. The summed E-state index contributed by atoms with van der Waals surface area (Å²) in [5, 5.41) is 4.56. The van der Waals surface area contributed by atoms with E-state index in [9.17, 15) is 8.78 Å². The first kappa shape index (κ1) is 11.3. The second-order valence-corrected chi connectivity index (χ2v) is 4.37. The molecule has 0 bridgehead atoms. The predicted octanol–water partition coefficient (Wildman–Crippen LogP) is 1.92. The van der Waals surface area contributed by atoms with E-state index in [0.717, 1.165) is 26.2 Å². The van der Waals surface area contributed by atoms with Crippen molar-refractivity contribution < 1.29 is 8.78 Å². The van der Waals surface area contributed by atoms with Gasteiger partial charge in [-0.15, -0.1) is 0 Å². The number of anilines is 1. The van der Waals surface area contributed by atoms with E-state index >= 15 is 0 Å². The second-order valence-electron chi connectivity index (χ2n) is 4.37. The van der Waals surface area contributed by atoms with Crippen molar-refractivity contribution in [2.45, 2.75) is 0 Å². The molecule has 2 aromatic rings. The molecule has 1 saturated heterocycles. The molecular weight excluding hydrogens is 236 g/mol. The molecule has 0 atom stereocenters. The third-order valence-corrected chi connectivity index (χ3v) is 3.16. The van der Waals surface area contributed by atoms with Crippen LogP contribution in [0.25, 0.3) is 10.8 Å². The minimum Gasteiger partial charge on any atom is -0.353 e. The van der Waals surface area contributed by atoms with Crippen LogP contribution in [0.2, 0.25) is 0 Å². The number of rotatable bonds is 1. The number of aromatic nitrogens is 1. The van der Waals surface area contributed by atoms with Gasteiger partial charge in [0.15, 0.2) is 0 Å². The van der Waals surface area contributed by atoms with Gasteiger partial charge in [-0.1, -0.05) is 6.07 Å². The van der Waals surface area contributed by atoms with Crippen LogP contribution < -0.4 is 10.2 Å². The Kier molecular flexibility index (Phi) is 2.83. The van der Waals surface area contributed by atoms with Crippen molar-refractivity contribution in [3.8, 4) is 0 Å². The average molecular weight is 249 g/mol. The van der Waals surface area contributed by atoms with Crippen molar-refractivity contribution in [2.24, 2.45) is 0 Å². The lowest BCUT2D eigenvalue weighted by atomic mass is 10.1. The molecular formula is C13H13F2N3. The van der Waals surface area contributed by atoms with Gasteiger partial charge in [-0.2, -0.15) is 4.39 Å². The standard InChI is InChI=1S/C13H13F2N3/c14-10-2-1-9-7-12(15)17-13(11(9)8-10)18-5-3-16-4-6-18/h1-2,7-8,16H,3-6H2. The van der Waals surface area contributed by atoms with Crippen molar-refractivity contribution in [2.75, 3.05) is 31.1 Å². The van der Waals surface area contributed by atoms with Gasteiger partial charge in [0.05, 0.1) is 0 Å². The summed E-state index contributed by atoms with van der Waals surface area (Å²) >= 11 is 0. The van der Waals surface area contributed by atoms with Gasteiger partial charge in [0.1, 0.15) is 11.6 Å². The van der Waals surface area contributed by atoms with Crippen LogP contribution in [0.15, 0.2) is 24.3 Å². The molecule has 1 aromatic carbocycles. The quantitative estimate of drug-likeness (QED) is 0.783. The van der Waals surface area contributed by atoms with Gasteiger partial charge in [-0.05, 0) is 17.5 Å². The number of halogens is 2. The van der Waals surface area contributed by atoms with Crippen LogP contribution in [0.4, 0.5) is 14.6 Å². The number of hydrogen-bond donors (Lipinski definition) is 1. The maximum Gasteiger partial charge on any atom is 0.215 e. The molecule has 1 aliphatic heterocycles. The van der Waals surface area contributed by atoms with Crippen LogP contribution in [0.5, 0.6) is 0 Å². The maximum atomic E-state index is 13.5. The summed E-state index contributed by atoms with van der Waals surface area (Å²) in [6, 6.07) is 5.67. The molecule has 0 amide bonds. The van der Waals surface area contributed by atoms with Crippen LogP contribution in [-0.4, -0.2) is 31.2 Å². The summed E-state index contributed by atoms with van der Waals surface area (Å²) in [4.78, 5) is 5.92. The number of nitrogens with zero attached hydrogens (tertiary/aromatic N) is 2.